The Hall–Kier alpha value is -2.93. The molecule has 25 heavy (non-hydrogen) atoms. The van der Waals surface area contributed by atoms with E-state index in [4.69, 9.17) is 0 Å². The Morgan fingerprint density at radius 1 is 1.12 bits per heavy atom. The molecule has 0 aromatic heterocycles. The zero-order valence-electron chi connectivity index (χ0n) is 13.7. The average molecular weight is 332 g/mol. The fourth-order valence-corrected chi connectivity index (χ4v) is 4.10. The van der Waals surface area contributed by atoms with Gasteiger partial charge in [0.05, 0.1) is 5.92 Å². The van der Waals surface area contributed by atoms with E-state index >= 15 is 0 Å². The van der Waals surface area contributed by atoms with Crippen LogP contribution in [0.5, 0.6) is 0 Å². The van der Waals surface area contributed by atoms with Crippen LogP contribution in [0.25, 0.3) is 0 Å². The molecule has 2 aromatic carbocycles. The highest BCUT2D eigenvalue weighted by Gasteiger charge is 2.49. The van der Waals surface area contributed by atoms with Gasteiger partial charge in [-0.05, 0) is 48.1 Å². The lowest BCUT2D eigenvalue weighted by atomic mass is 9.87. The number of likely N-dealkylation sites (tertiary alicyclic amines) is 1. The standard InChI is InChI=1S/C21H17FN2O/c22-17-9-6-15(7-10-17)19-18-11-8-16(12-14-4-2-1-3-5-14)20(18)24(13-23)21(19)25/h1-7,9-10,18-19H,8,11-12H2. The molecule has 1 fully saturated rings. The van der Waals surface area contributed by atoms with E-state index in [1.165, 1.54) is 22.6 Å². The minimum absolute atomic E-state index is 0.0105. The lowest BCUT2D eigenvalue weighted by Crippen LogP contribution is -2.21. The number of hydrogen-bond donors (Lipinski definition) is 0. The molecule has 0 saturated carbocycles. The highest BCUT2D eigenvalue weighted by atomic mass is 19.1. The van der Waals surface area contributed by atoms with Crippen LogP contribution in [0.3, 0.4) is 0 Å². The molecule has 4 rings (SSSR count). The van der Waals surface area contributed by atoms with Crippen molar-refractivity contribution in [1.82, 2.24) is 4.90 Å². The predicted molar refractivity (Wildman–Crippen MR) is 91.5 cm³/mol. The quantitative estimate of drug-likeness (QED) is 0.793. The minimum Gasteiger partial charge on any atom is -0.273 e. The largest absolute Gasteiger partial charge is 0.273 e. The SMILES string of the molecule is N#CN1C(=O)C(c2ccc(F)cc2)C2CCC(Cc3ccccc3)=C21. The summed E-state index contributed by atoms with van der Waals surface area (Å²) in [6.07, 6.45) is 4.56. The van der Waals surface area contributed by atoms with Crippen LogP contribution < -0.4 is 0 Å². The summed E-state index contributed by atoms with van der Waals surface area (Å²) < 4.78 is 13.2. The van der Waals surface area contributed by atoms with Gasteiger partial charge in [-0.2, -0.15) is 5.26 Å². The Morgan fingerprint density at radius 3 is 2.52 bits per heavy atom. The molecule has 2 aliphatic rings. The fourth-order valence-electron chi connectivity index (χ4n) is 4.10. The molecular weight excluding hydrogens is 315 g/mol. The van der Waals surface area contributed by atoms with Crippen molar-refractivity contribution in [2.24, 2.45) is 5.92 Å². The Kier molecular flexibility index (Phi) is 3.85. The van der Waals surface area contributed by atoms with Crippen molar-refractivity contribution >= 4 is 5.91 Å². The molecule has 3 nitrogen and oxygen atoms in total. The van der Waals surface area contributed by atoms with Crippen LogP contribution in [0.1, 0.15) is 29.9 Å². The maximum atomic E-state index is 13.2. The number of nitriles is 1. The molecule has 0 bridgehead atoms. The molecule has 0 N–H and O–H groups in total. The first-order valence-electron chi connectivity index (χ1n) is 8.44. The summed E-state index contributed by atoms with van der Waals surface area (Å²) in [6, 6.07) is 16.2. The van der Waals surface area contributed by atoms with Crippen molar-refractivity contribution in [1.29, 1.82) is 5.26 Å². The van der Waals surface area contributed by atoms with Gasteiger partial charge in [-0.1, -0.05) is 42.5 Å². The summed E-state index contributed by atoms with van der Waals surface area (Å²) in [7, 11) is 0. The fraction of sp³-hybridized carbons (Fsp3) is 0.238. The van der Waals surface area contributed by atoms with Crippen molar-refractivity contribution in [3.05, 3.63) is 82.8 Å². The molecule has 2 atom stereocenters. The van der Waals surface area contributed by atoms with Gasteiger partial charge >= 0.3 is 0 Å². The number of hydrogen-bond acceptors (Lipinski definition) is 2. The van der Waals surface area contributed by atoms with Crippen LogP contribution in [-0.4, -0.2) is 10.8 Å². The molecule has 1 saturated heterocycles. The first kappa shape index (κ1) is 15.6. The molecule has 124 valence electrons. The van der Waals surface area contributed by atoms with Crippen LogP contribution >= 0.6 is 0 Å². The lowest BCUT2D eigenvalue weighted by Gasteiger charge is -2.13. The third-order valence-corrected chi connectivity index (χ3v) is 5.19. The number of rotatable bonds is 3. The van der Waals surface area contributed by atoms with Gasteiger partial charge in [0.25, 0.3) is 0 Å². The maximum absolute atomic E-state index is 13.2. The monoisotopic (exact) mass is 332 g/mol. The number of nitrogens with zero attached hydrogens (tertiary/aromatic N) is 2. The molecule has 4 heteroatoms. The minimum atomic E-state index is -0.386. The third kappa shape index (κ3) is 2.62. The summed E-state index contributed by atoms with van der Waals surface area (Å²) in [4.78, 5) is 14.1. The Bertz CT molecular complexity index is 880. The number of fused-ring (bicyclic) bond motifs is 1. The zero-order valence-corrected chi connectivity index (χ0v) is 13.7. The van der Waals surface area contributed by atoms with Crippen molar-refractivity contribution in [2.45, 2.75) is 25.2 Å². The molecule has 0 spiro atoms. The van der Waals surface area contributed by atoms with Gasteiger partial charge in [0, 0.05) is 11.6 Å². The van der Waals surface area contributed by atoms with E-state index in [-0.39, 0.29) is 23.6 Å². The molecule has 1 aliphatic carbocycles. The highest BCUT2D eigenvalue weighted by Crippen LogP contribution is 2.49. The van der Waals surface area contributed by atoms with Gasteiger partial charge in [-0.25, -0.2) is 9.29 Å². The molecule has 1 heterocycles. The number of halogens is 1. The summed E-state index contributed by atoms with van der Waals surface area (Å²) >= 11 is 0. The van der Waals surface area contributed by atoms with Crippen LogP contribution in [0.4, 0.5) is 4.39 Å². The zero-order chi connectivity index (χ0) is 17.4. The van der Waals surface area contributed by atoms with Gasteiger partial charge in [-0.3, -0.25) is 4.79 Å². The van der Waals surface area contributed by atoms with E-state index in [0.717, 1.165) is 36.1 Å². The second kappa shape index (κ2) is 6.18. The summed E-state index contributed by atoms with van der Waals surface area (Å²) in [5, 5.41) is 9.54. The molecular formula is C21H17FN2O. The van der Waals surface area contributed by atoms with Gasteiger partial charge in [0.15, 0.2) is 6.19 Å². The first-order valence-corrected chi connectivity index (χ1v) is 8.44. The number of benzene rings is 2. The van der Waals surface area contributed by atoms with E-state index in [9.17, 15) is 14.4 Å². The number of allylic oxidation sites excluding steroid dienone is 2. The van der Waals surface area contributed by atoms with Crippen molar-refractivity contribution in [3.8, 4) is 6.19 Å². The average Bonchev–Trinajstić information content (AvgIpc) is 3.14. The van der Waals surface area contributed by atoms with Crippen LogP contribution in [0.2, 0.25) is 0 Å². The number of carbonyl (C=O) groups excluding carboxylic acids is 1. The van der Waals surface area contributed by atoms with Crippen molar-refractivity contribution < 1.29 is 9.18 Å². The van der Waals surface area contributed by atoms with Gasteiger partial charge in [-0.15, -0.1) is 0 Å². The first-order chi connectivity index (χ1) is 12.2. The summed E-state index contributed by atoms with van der Waals surface area (Å²) in [6.45, 7) is 0. The van der Waals surface area contributed by atoms with Crippen LogP contribution in [0, 0.1) is 23.2 Å². The maximum Gasteiger partial charge on any atom is 0.248 e. The summed E-state index contributed by atoms with van der Waals surface area (Å²) in [5.41, 5.74) is 4.00. The smallest absolute Gasteiger partial charge is 0.248 e. The van der Waals surface area contributed by atoms with Gasteiger partial charge < -0.3 is 0 Å². The van der Waals surface area contributed by atoms with Crippen molar-refractivity contribution in [3.63, 3.8) is 0 Å². The summed E-state index contributed by atoms with van der Waals surface area (Å²) in [5.74, 6) is -0.891. The number of amides is 1. The van der Waals surface area contributed by atoms with E-state index in [0.29, 0.717) is 0 Å². The Morgan fingerprint density at radius 2 is 1.84 bits per heavy atom. The predicted octanol–water partition coefficient (Wildman–Crippen LogP) is 4.14. The third-order valence-electron chi connectivity index (χ3n) is 5.19. The second-order valence-electron chi connectivity index (χ2n) is 6.60. The van der Waals surface area contributed by atoms with E-state index in [1.807, 2.05) is 18.2 Å². The topological polar surface area (TPSA) is 44.1 Å². The lowest BCUT2D eigenvalue weighted by molar-refractivity contribution is -0.126. The van der Waals surface area contributed by atoms with Crippen molar-refractivity contribution in [2.75, 3.05) is 0 Å². The van der Waals surface area contributed by atoms with Gasteiger partial charge in [0.1, 0.15) is 5.82 Å². The van der Waals surface area contributed by atoms with E-state index in [1.54, 1.807) is 12.1 Å². The van der Waals surface area contributed by atoms with Crippen LogP contribution in [0.15, 0.2) is 65.9 Å². The van der Waals surface area contributed by atoms with E-state index < -0.39 is 0 Å². The molecule has 0 radical (unpaired) electrons. The normalized spacial score (nSPS) is 22.2. The Balaban J connectivity index is 1.72. The van der Waals surface area contributed by atoms with Crippen LogP contribution in [-0.2, 0) is 11.2 Å². The molecule has 2 unspecified atom stereocenters. The van der Waals surface area contributed by atoms with Gasteiger partial charge in [0.2, 0.25) is 5.91 Å². The molecule has 2 aromatic rings. The highest BCUT2D eigenvalue weighted by molar-refractivity contribution is 5.91. The number of carbonyl (C=O) groups is 1. The molecule has 1 aliphatic heterocycles. The van der Waals surface area contributed by atoms with E-state index in [2.05, 4.69) is 18.3 Å². The Labute approximate surface area is 146 Å². The molecule has 1 amide bonds. The second-order valence-corrected chi connectivity index (χ2v) is 6.60.